The minimum absolute atomic E-state index is 0.438. The molecule has 0 spiro atoms. The highest BCUT2D eigenvalue weighted by molar-refractivity contribution is 5.81. The summed E-state index contributed by atoms with van der Waals surface area (Å²) >= 11 is 0. The van der Waals surface area contributed by atoms with Gasteiger partial charge in [-0.05, 0) is 49.2 Å². The summed E-state index contributed by atoms with van der Waals surface area (Å²) in [6, 6.07) is 13.9. The molecule has 4 N–H and O–H groups in total. The Morgan fingerprint density at radius 2 is 1.64 bits per heavy atom. The van der Waals surface area contributed by atoms with Gasteiger partial charge in [-0.15, -0.1) is 0 Å². The number of methoxy groups -OCH3 is 1. The third kappa shape index (κ3) is 3.80. The molecule has 1 heterocycles. The lowest BCUT2D eigenvalue weighted by atomic mass is 10.2. The van der Waals surface area contributed by atoms with Crippen LogP contribution < -0.4 is 21.1 Å². The Hall–Kier alpha value is -3.28. The van der Waals surface area contributed by atoms with Gasteiger partial charge in [-0.3, -0.25) is 0 Å². The number of anilines is 5. The molecule has 3 aromatic rings. The molecular formula is C19H21N5O. The van der Waals surface area contributed by atoms with Gasteiger partial charge < -0.3 is 21.1 Å². The van der Waals surface area contributed by atoms with Crippen LogP contribution >= 0.6 is 0 Å². The second-order valence-corrected chi connectivity index (χ2v) is 5.81. The molecule has 3 rings (SSSR count). The van der Waals surface area contributed by atoms with Gasteiger partial charge in [0.1, 0.15) is 17.8 Å². The van der Waals surface area contributed by atoms with Crippen LogP contribution in [0.1, 0.15) is 11.1 Å². The van der Waals surface area contributed by atoms with Crippen molar-refractivity contribution in [2.24, 2.45) is 0 Å². The van der Waals surface area contributed by atoms with E-state index in [4.69, 9.17) is 10.5 Å². The van der Waals surface area contributed by atoms with E-state index < -0.39 is 0 Å². The number of aryl methyl sites for hydroxylation is 2. The third-order valence-electron chi connectivity index (χ3n) is 3.77. The van der Waals surface area contributed by atoms with E-state index >= 15 is 0 Å². The van der Waals surface area contributed by atoms with Crippen molar-refractivity contribution in [3.63, 3.8) is 0 Å². The number of nitrogens with two attached hydrogens (primary N) is 1. The van der Waals surface area contributed by atoms with E-state index in [9.17, 15) is 0 Å². The first-order chi connectivity index (χ1) is 12.1. The maximum Gasteiger partial charge on any atom is 0.159 e. The number of nitrogen functional groups attached to an aromatic ring is 1. The first kappa shape index (κ1) is 16.6. The molecule has 0 aliphatic rings. The fourth-order valence-corrected chi connectivity index (χ4v) is 2.50. The van der Waals surface area contributed by atoms with E-state index in [0.29, 0.717) is 17.3 Å². The molecular weight excluding hydrogens is 314 g/mol. The normalized spacial score (nSPS) is 10.4. The van der Waals surface area contributed by atoms with Gasteiger partial charge in [-0.2, -0.15) is 0 Å². The lowest BCUT2D eigenvalue weighted by molar-refractivity contribution is 0.416. The van der Waals surface area contributed by atoms with Crippen LogP contribution in [0.2, 0.25) is 0 Å². The molecule has 0 amide bonds. The zero-order valence-electron chi connectivity index (χ0n) is 14.5. The number of rotatable bonds is 5. The Morgan fingerprint density at radius 1 is 0.920 bits per heavy atom. The van der Waals surface area contributed by atoms with Crippen LogP contribution in [0.5, 0.6) is 5.75 Å². The Balaban J connectivity index is 1.90. The summed E-state index contributed by atoms with van der Waals surface area (Å²) in [6.07, 6.45) is 1.47. The molecule has 0 saturated carbocycles. The van der Waals surface area contributed by atoms with Crippen molar-refractivity contribution >= 4 is 28.7 Å². The summed E-state index contributed by atoms with van der Waals surface area (Å²) in [5, 5.41) is 6.46. The van der Waals surface area contributed by atoms with Crippen molar-refractivity contribution in [2.75, 3.05) is 23.5 Å². The highest BCUT2D eigenvalue weighted by atomic mass is 16.5. The standard InChI is InChI=1S/C19H21N5O/c1-12-5-4-6-14(9-12)23-18-17(20)19(22-11-21-18)24-15-10-13(2)7-8-16(15)25-3/h4-11H,20H2,1-3H3,(H2,21,22,23,24). The summed E-state index contributed by atoms with van der Waals surface area (Å²) in [5.41, 5.74) is 10.7. The zero-order chi connectivity index (χ0) is 17.8. The van der Waals surface area contributed by atoms with E-state index in [1.165, 1.54) is 6.33 Å². The zero-order valence-corrected chi connectivity index (χ0v) is 14.5. The Kier molecular flexibility index (Phi) is 4.70. The van der Waals surface area contributed by atoms with Gasteiger partial charge in [-0.25, -0.2) is 9.97 Å². The molecule has 25 heavy (non-hydrogen) atoms. The predicted octanol–water partition coefficient (Wildman–Crippen LogP) is 4.17. The molecule has 0 unspecified atom stereocenters. The van der Waals surface area contributed by atoms with Gasteiger partial charge in [0.2, 0.25) is 0 Å². The smallest absolute Gasteiger partial charge is 0.159 e. The molecule has 6 nitrogen and oxygen atoms in total. The molecule has 2 aromatic carbocycles. The number of aromatic nitrogens is 2. The Bertz CT molecular complexity index is 895. The molecule has 0 fully saturated rings. The molecule has 1 aromatic heterocycles. The van der Waals surface area contributed by atoms with Crippen molar-refractivity contribution in [2.45, 2.75) is 13.8 Å². The minimum atomic E-state index is 0.438. The highest BCUT2D eigenvalue weighted by Gasteiger charge is 2.11. The molecule has 0 atom stereocenters. The van der Waals surface area contributed by atoms with E-state index in [1.54, 1.807) is 7.11 Å². The van der Waals surface area contributed by atoms with Crippen LogP contribution in [0.25, 0.3) is 0 Å². The monoisotopic (exact) mass is 335 g/mol. The lowest BCUT2D eigenvalue weighted by Gasteiger charge is -2.15. The fourth-order valence-electron chi connectivity index (χ4n) is 2.50. The molecule has 0 radical (unpaired) electrons. The van der Waals surface area contributed by atoms with Gasteiger partial charge in [0.25, 0.3) is 0 Å². The average molecular weight is 335 g/mol. The molecule has 6 heteroatoms. The number of nitrogens with zero attached hydrogens (tertiary/aromatic N) is 2. The first-order valence-electron chi connectivity index (χ1n) is 7.92. The maximum atomic E-state index is 6.26. The second kappa shape index (κ2) is 7.09. The van der Waals surface area contributed by atoms with Crippen molar-refractivity contribution in [3.8, 4) is 5.75 Å². The molecule has 0 saturated heterocycles. The van der Waals surface area contributed by atoms with Crippen LogP contribution in [0.3, 0.4) is 0 Å². The number of benzene rings is 2. The Labute approximate surface area is 147 Å². The maximum absolute atomic E-state index is 6.26. The van der Waals surface area contributed by atoms with Crippen LogP contribution in [-0.2, 0) is 0 Å². The number of nitrogens with one attached hydrogen (secondary N) is 2. The van der Waals surface area contributed by atoms with Crippen LogP contribution in [0.4, 0.5) is 28.7 Å². The quantitative estimate of drug-likeness (QED) is 0.649. The van der Waals surface area contributed by atoms with E-state index in [2.05, 4.69) is 20.6 Å². The lowest BCUT2D eigenvalue weighted by Crippen LogP contribution is -2.06. The van der Waals surface area contributed by atoms with Crippen molar-refractivity contribution in [1.29, 1.82) is 0 Å². The summed E-state index contributed by atoms with van der Waals surface area (Å²) in [4.78, 5) is 8.50. The molecule has 0 aliphatic carbocycles. The van der Waals surface area contributed by atoms with Gasteiger partial charge in [0.15, 0.2) is 11.6 Å². The SMILES string of the molecule is COc1ccc(C)cc1Nc1ncnc(Nc2cccc(C)c2)c1N. The summed E-state index contributed by atoms with van der Waals surface area (Å²) in [5.74, 6) is 1.79. The first-order valence-corrected chi connectivity index (χ1v) is 7.92. The fraction of sp³-hybridized carbons (Fsp3) is 0.158. The van der Waals surface area contributed by atoms with Crippen LogP contribution in [0, 0.1) is 13.8 Å². The summed E-state index contributed by atoms with van der Waals surface area (Å²) < 4.78 is 5.39. The van der Waals surface area contributed by atoms with Gasteiger partial charge in [0, 0.05) is 5.69 Å². The second-order valence-electron chi connectivity index (χ2n) is 5.81. The van der Waals surface area contributed by atoms with Gasteiger partial charge >= 0.3 is 0 Å². The molecule has 128 valence electrons. The predicted molar refractivity (Wildman–Crippen MR) is 102 cm³/mol. The van der Waals surface area contributed by atoms with E-state index in [1.807, 2.05) is 56.3 Å². The highest BCUT2D eigenvalue weighted by Crippen LogP contribution is 2.32. The summed E-state index contributed by atoms with van der Waals surface area (Å²) in [7, 11) is 1.63. The average Bonchev–Trinajstić information content (AvgIpc) is 2.59. The van der Waals surface area contributed by atoms with Crippen LogP contribution in [-0.4, -0.2) is 17.1 Å². The topological polar surface area (TPSA) is 85.1 Å². The van der Waals surface area contributed by atoms with Crippen LogP contribution in [0.15, 0.2) is 48.8 Å². The van der Waals surface area contributed by atoms with Gasteiger partial charge in [-0.1, -0.05) is 18.2 Å². The summed E-state index contributed by atoms with van der Waals surface area (Å²) in [6.45, 7) is 4.05. The number of ether oxygens (including phenoxy) is 1. The molecule has 0 bridgehead atoms. The van der Waals surface area contributed by atoms with E-state index in [-0.39, 0.29) is 0 Å². The number of hydrogen-bond acceptors (Lipinski definition) is 6. The van der Waals surface area contributed by atoms with Gasteiger partial charge in [0.05, 0.1) is 12.8 Å². The van der Waals surface area contributed by atoms with Crippen molar-refractivity contribution < 1.29 is 4.74 Å². The van der Waals surface area contributed by atoms with E-state index in [0.717, 1.165) is 28.3 Å². The largest absolute Gasteiger partial charge is 0.495 e. The third-order valence-corrected chi connectivity index (χ3v) is 3.77. The number of hydrogen-bond donors (Lipinski definition) is 3. The minimum Gasteiger partial charge on any atom is -0.495 e. The Morgan fingerprint density at radius 3 is 2.36 bits per heavy atom. The van der Waals surface area contributed by atoms with Crippen molar-refractivity contribution in [1.82, 2.24) is 9.97 Å². The molecule has 0 aliphatic heterocycles. The van der Waals surface area contributed by atoms with Crippen molar-refractivity contribution in [3.05, 3.63) is 59.9 Å².